The largest absolute Gasteiger partial charge is 0.448 e. The van der Waals surface area contributed by atoms with Gasteiger partial charge in [0.15, 0.2) is 21.6 Å². The minimum absolute atomic E-state index is 0.0627. The Bertz CT molecular complexity index is 908. The molecule has 0 bridgehead atoms. The van der Waals surface area contributed by atoms with Gasteiger partial charge in [-0.25, -0.2) is 18.2 Å². The molecule has 7 nitrogen and oxygen atoms in total. The number of hydrogen-bond donors (Lipinski definition) is 1. The van der Waals surface area contributed by atoms with Gasteiger partial charge in [-0.15, -0.1) is 11.3 Å². The second kappa shape index (κ2) is 7.55. The molecule has 0 unspecified atom stereocenters. The van der Waals surface area contributed by atoms with Crippen molar-refractivity contribution in [2.24, 2.45) is 0 Å². The molecule has 1 aliphatic rings. The standard InChI is InChI=1S/C17H18N2O5S2/c1-11(15(20)18-13-7-8-26(22,23)10-13)24-17(21)14-9-25-16(19-14)12-5-3-2-4-6-12/h2-6,9,11,13H,7-8,10H2,1H3,(H,18,20)/t11-,13+/m0/s1. The van der Waals surface area contributed by atoms with Crippen LogP contribution < -0.4 is 5.32 Å². The third-order valence-electron chi connectivity index (χ3n) is 3.97. The molecule has 2 atom stereocenters. The van der Waals surface area contributed by atoms with Gasteiger partial charge in [0.2, 0.25) is 0 Å². The van der Waals surface area contributed by atoms with Crippen LogP contribution in [0.5, 0.6) is 0 Å². The molecule has 1 aliphatic heterocycles. The first-order valence-corrected chi connectivity index (χ1v) is 10.8. The van der Waals surface area contributed by atoms with Crippen LogP contribution in [0.15, 0.2) is 35.7 Å². The van der Waals surface area contributed by atoms with E-state index in [-0.39, 0.29) is 17.2 Å². The zero-order valence-corrected chi connectivity index (χ0v) is 15.7. The van der Waals surface area contributed by atoms with Crippen molar-refractivity contribution < 1.29 is 22.7 Å². The SMILES string of the molecule is C[C@H](OC(=O)c1csc(-c2ccccc2)n1)C(=O)N[C@@H]1CCS(=O)(=O)C1. The first kappa shape index (κ1) is 18.5. The normalized spacial score (nSPS) is 19.7. The minimum atomic E-state index is -3.09. The lowest BCUT2D eigenvalue weighted by Crippen LogP contribution is -2.42. The highest BCUT2D eigenvalue weighted by atomic mass is 32.2. The summed E-state index contributed by atoms with van der Waals surface area (Å²) in [5, 5.41) is 4.88. The molecule has 1 N–H and O–H groups in total. The molecule has 1 saturated heterocycles. The molecule has 26 heavy (non-hydrogen) atoms. The zero-order chi connectivity index (χ0) is 18.7. The van der Waals surface area contributed by atoms with Gasteiger partial charge in [0.1, 0.15) is 5.01 Å². The number of ether oxygens (including phenoxy) is 1. The first-order valence-electron chi connectivity index (χ1n) is 8.07. The average molecular weight is 394 g/mol. The van der Waals surface area contributed by atoms with Crippen molar-refractivity contribution in [1.29, 1.82) is 0 Å². The number of nitrogens with one attached hydrogen (secondary N) is 1. The fourth-order valence-corrected chi connectivity index (χ4v) is 5.05. The number of thiazole rings is 1. The van der Waals surface area contributed by atoms with Crippen molar-refractivity contribution >= 4 is 33.1 Å². The fraction of sp³-hybridized carbons (Fsp3) is 0.353. The summed E-state index contributed by atoms with van der Waals surface area (Å²) in [4.78, 5) is 28.5. The maximum atomic E-state index is 12.2. The van der Waals surface area contributed by atoms with Crippen LogP contribution in [0.25, 0.3) is 10.6 Å². The molecule has 9 heteroatoms. The van der Waals surface area contributed by atoms with Gasteiger partial charge in [0.05, 0.1) is 11.5 Å². The van der Waals surface area contributed by atoms with E-state index in [1.54, 1.807) is 5.38 Å². The van der Waals surface area contributed by atoms with Gasteiger partial charge in [-0.1, -0.05) is 30.3 Å². The second-order valence-electron chi connectivity index (χ2n) is 6.06. The van der Waals surface area contributed by atoms with E-state index in [1.807, 2.05) is 30.3 Å². The maximum Gasteiger partial charge on any atom is 0.358 e. The Morgan fingerprint density at radius 2 is 2.04 bits per heavy atom. The second-order valence-corrected chi connectivity index (χ2v) is 9.15. The molecular formula is C17H18N2O5S2. The lowest BCUT2D eigenvalue weighted by atomic mass is 10.2. The molecule has 0 aliphatic carbocycles. The summed E-state index contributed by atoms with van der Waals surface area (Å²) in [6.45, 7) is 1.45. The van der Waals surface area contributed by atoms with E-state index < -0.39 is 33.9 Å². The summed E-state index contributed by atoms with van der Waals surface area (Å²) in [7, 11) is -3.09. The number of carbonyl (C=O) groups excluding carboxylic acids is 2. The lowest BCUT2D eigenvalue weighted by molar-refractivity contribution is -0.129. The maximum absolute atomic E-state index is 12.2. The summed E-state index contributed by atoms with van der Waals surface area (Å²) in [5.41, 5.74) is 1.03. The molecule has 3 rings (SSSR count). The summed E-state index contributed by atoms with van der Waals surface area (Å²) in [6.07, 6.45) is -0.658. The van der Waals surface area contributed by atoms with Gasteiger partial charge in [-0.3, -0.25) is 4.79 Å². The van der Waals surface area contributed by atoms with Crippen LogP contribution in [0.4, 0.5) is 0 Å². The molecule has 0 saturated carbocycles. The molecule has 138 valence electrons. The Kier molecular flexibility index (Phi) is 5.38. The lowest BCUT2D eigenvalue weighted by Gasteiger charge is -2.16. The molecule has 2 aromatic rings. The van der Waals surface area contributed by atoms with E-state index in [0.29, 0.717) is 11.4 Å². The van der Waals surface area contributed by atoms with Crippen molar-refractivity contribution in [2.45, 2.75) is 25.5 Å². The monoisotopic (exact) mass is 394 g/mol. The average Bonchev–Trinajstić information content (AvgIpc) is 3.22. The Morgan fingerprint density at radius 3 is 2.69 bits per heavy atom. The van der Waals surface area contributed by atoms with Gasteiger partial charge < -0.3 is 10.1 Å². The summed E-state index contributed by atoms with van der Waals surface area (Å²) < 4.78 is 28.0. The minimum Gasteiger partial charge on any atom is -0.448 e. The number of amides is 1. The summed E-state index contributed by atoms with van der Waals surface area (Å²) in [5.74, 6) is -1.22. The van der Waals surface area contributed by atoms with E-state index in [4.69, 9.17) is 4.74 Å². The fourth-order valence-electron chi connectivity index (χ4n) is 2.58. The van der Waals surface area contributed by atoms with Gasteiger partial charge in [0, 0.05) is 17.0 Å². The van der Waals surface area contributed by atoms with Crippen molar-refractivity contribution in [2.75, 3.05) is 11.5 Å². The topological polar surface area (TPSA) is 102 Å². The quantitative estimate of drug-likeness (QED) is 0.774. The van der Waals surface area contributed by atoms with Crippen LogP contribution in [0, 0.1) is 0 Å². The highest BCUT2D eigenvalue weighted by Gasteiger charge is 2.31. The zero-order valence-electron chi connectivity index (χ0n) is 14.0. The predicted molar refractivity (Wildman–Crippen MR) is 97.6 cm³/mol. The van der Waals surface area contributed by atoms with Crippen LogP contribution in [-0.4, -0.2) is 48.9 Å². The van der Waals surface area contributed by atoms with Gasteiger partial charge in [-0.2, -0.15) is 0 Å². The van der Waals surface area contributed by atoms with Crippen LogP contribution in [0.1, 0.15) is 23.8 Å². The van der Waals surface area contributed by atoms with E-state index in [2.05, 4.69) is 10.3 Å². The number of benzene rings is 1. The first-order chi connectivity index (χ1) is 12.3. The molecule has 0 spiro atoms. The number of esters is 1. The smallest absolute Gasteiger partial charge is 0.358 e. The Balaban J connectivity index is 1.57. The van der Waals surface area contributed by atoms with Gasteiger partial charge in [-0.05, 0) is 13.3 Å². The number of nitrogens with zero attached hydrogens (tertiary/aromatic N) is 1. The number of sulfone groups is 1. The Labute approximate surface area is 155 Å². The molecule has 1 fully saturated rings. The van der Waals surface area contributed by atoms with E-state index in [0.717, 1.165) is 5.56 Å². The van der Waals surface area contributed by atoms with E-state index >= 15 is 0 Å². The van der Waals surface area contributed by atoms with Gasteiger partial charge in [0.25, 0.3) is 5.91 Å². The number of rotatable bonds is 5. The third-order valence-corrected chi connectivity index (χ3v) is 6.63. The summed E-state index contributed by atoms with van der Waals surface area (Å²) in [6, 6.07) is 8.99. The molecule has 1 aromatic heterocycles. The van der Waals surface area contributed by atoms with Crippen LogP contribution in [0.2, 0.25) is 0 Å². The highest BCUT2D eigenvalue weighted by Crippen LogP contribution is 2.23. The van der Waals surface area contributed by atoms with E-state index in [1.165, 1.54) is 18.3 Å². The molecule has 0 radical (unpaired) electrons. The van der Waals surface area contributed by atoms with Gasteiger partial charge >= 0.3 is 5.97 Å². The Morgan fingerprint density at radius 1 is 1.31 bits per heavy atom. The van der Waals surface area contributed by atoms with Crippen molar-refractivity contribution in [3.8, 4) is 10.6 Å². The van der Waals surface area contributed by atoms with Crippen molar-refractivity contribution in [3.05, 3.63) is 41.4 Å². The molecule has 2 heterocycles. The van der Waals surface area contributed by atoms with Crippen molar-refractivity contribution in [3.63, 3.8) is 0 Å². The van der Waals surface area contributed by atoms with Crippen LogP contribution in [0.3, 0.4) is 0 Å². The third kappa shape index (κ3) is 4.47. The van der Waals surface area contributed by atoms with Crippen molar-refractivity contribution in [1.82, 2.24) is 10.3 Å². The van der Waals surface area contributed by atoms with Crippen LogP contribution >= 0.6 is 11.3 Å². The number of carbonyl (C=O) groups is 2. The number of aromatic nitrogens is 1. The summed E-state index contributed by atoms with van der Waals surface area (Å²) >= 11 is 1.31. The molecule has 1 aromatic carbocycles. The Hall–Kier alpha value is -2.26. The predicted octanol–water partition coefficient (Wildman–Crippen LogP) is 1.66. The molecular weight excluding hydrogens is 376 g/mol. The van der Waals surface area contributed by atoms with Crippen LogP contribution in [-0.2, 0) is 19.4 Å². The molecule has 1 amide bonds. The van der Waals surface area contributed by atoms with E-state index in [9.17, 15) is 18.0 Å². The highest BCUT2D eigenvalue weighted by molar-refractivity contribution is 7.91. The number of hydrogen-bond acceptors (Lipinski definition) is 7.